The minimum absolute atomic E-state index is 0.908. The molecule has 0 aromatic carbocycles. The number of hydrogen-bond donors (Lipinski definition) is 0. The van der Waals surface area contributed by atoms with Gasteiger partial charge in [-0.15, -0.1) is 0 Å². The van der Waals surface area contributed by atoms with E-state index in [9.17, 15) is 51.8 Å². The van der Waals surface area contributed by atoms with Crippen LogP contribution in [0.1, 0.15) is 12.8 Å². The molecule has 2 aliphatic rings. The third-order valence-electron chi connectivity index (χ3n) is 2.67. The van der Waals surface area contributed by atoms with Crippen molar-refractivity contribution in [1.29, 1.82) is 0 Å². The van der Waals surface area contributed by atoms with Crippen molar-refractivity contribution in [2.75, 3.05) is 13.2 Å². The molecule has 2 atom stereocenters. The van der Waals surface area contributed by atoms with Crippen LogP contribution in [0.3, 0.4) is 0 Å². The second kappa shape index (κ2) is 10.2. The van der Waals surface area contributed by atoms with E-state index in [2.05, 4.69) is 0 Å². The van der Waals surface area contributed by atoms with Crippen molar-refractivity contribution in [2.24, 2.45) is 5.92 Å². The normalized spacial score (nSPS) is 26.3. The average molecular weight is 397 g/mol. The van der Waals surface area contributed by atoms with Crippen molar-refractivity contribution in [3.63, 3.8) is 0 Å². The standard InChI is InChI=1S/C6H9O.3BF4.K/c1-2-7-4-6-3-5(1)6;3*2-1(3,4)5;/h6H,1-4H2;;;;/q;3*-1;. The van der Waals surface area contributed by atoms with Gasteiger partial charge in [-0.2, -0.15) is 0 Å². The molecule has 2 rings (SSSR count). The van der Waals surface area contributed by atoms with E-state index in [-0.39, 0.29) is 0 Å². The summed E-state index contributed by atoms with van der Waals surface area (Å²) in [6.07, 6.45) is 2.89. The molecule has 1 aliphatic heterocycles. The monoisotopic (exact) mass is 397 g/mol. The fourth-order valence-electron chi connectivity index (χ4n) is 1.60. The molecule has 1 nitrogen and oxygen atoms in total. The summed E-state index contributed by atoms with van der Waals surface area (Å²) in [7, 11) is -18.0. The van der Waals surface area contributed by atoms with Crippen LogP contribution in [-0.2, 0) is 4.74 Å². The van der Waals surface area contributed by atoms with Crippen molar-refractivity contribution >= 4 is 70.7 Å². The summed E-state index contributed by atoms with van der Waals surface area (Å²) in [5, 5.41) is 0. The average Bonchev–Trinajstić information content (AvgIpc) is 2.80. The molecular formula is C6H9B3F12KO-3. The minimum atomic E-state index is -6.00. The predicted octanol–water partition coefficient (Wildman–Crippen LogP) is 4.65. The van der Waals surface area contributed by atoms with E-state index in [0.717, 1.165) is 67.6 Å². The Bertz CT molecular complexity index is 284. The first-order valence-electron chi connectivity index (χ1n) is 6.01. The number of halogens is 12. The molecule has 1 saturated heterocycles. The van der Waals surface area contributed by atoms with Gasteiger partial charge in [-0.1, -0.05) is 0 Å². The van der Waals surface area contributed by atoms with Crippen LogP contribution in [0.25, 0.3) is 0 Å². The number of hydrogen-bond acceptors (Lipinski definition) is 1. The molecule has 0 amide bonds. The van der Waals surface area contributed by atoms with Crippen LogP contribution in [0.5, 0.6) is 0 Å². The summed E-state index contributed by atoms with van der Waals surface area (Å²) < 4.78 is 123. The maximum absolute atomic E-state index is 9.75. The summed E-state index contributed by atoms with van der Waals surface area (Å²) >= 11 is 1.06. The predicted molar refractivity (Wildman–Crippen MR) is 62.5 cm³/mol. The van der Waals surface area contributed by atoms with Gasteiger partial charge in [0.25, 0.3) is 0 Å². The number of ether oxygens (including phenoxy) is 1. The molecule has 1 heterocycles. The molecule has 0 radical (unpaired) electrons. The summed E-state index contributed by atoms with van der Waals surface area (Å²) in [6.45, 7) is 2.14. The van der Waals surface area contributed by atoms with Crippen molar-refractivity contribution < 1.29 is 56.5 Å². The topological polar surface area (TPSA) is 9.23 Å². The van der Waals surface area contributed by atoms with E-state index in [1.165, 1.54) is 12.8 Å². The molecule has 17 heteroatoms. The summed E-state index contributed by atoms with van der Waals surface area (Å²) in [6, 6.07) is 0. The van der Waals surface area contributed by atoms with Gasteiger partial charge in [-0.25, -0.2) is 0 Å². The van der Waals surface area contributed by atoms with E-state index in [4.69, 9.17) is 4.74 Å². The van der Waals surface area contributed by atoms with Gasteiger partial charge in [0, 0.05) is 0 Å². The summed E-state index contributed by atoms with van der Waals surface area (Å²) in [5.41, 5.74) is 0. The maximum atomic E-state index is 9.75. The molecule has 1 saturated carbocycles. The zero-order valence-corrected chi connectivity index (χ0v) is 14.7. The van der Waals surface area contributed by atoms with Gasteiger partial charge in [0.05, 0.1) is 0 Å². The van der Waals surface area contributed by atoms with Crippen LogP contribution < -0.4 is 0 Å². The van der Waals surface area contributed by atoms with Gasteiger partial charge >= 0.3 is 107 Å². The molecule has 136 valence electrons. The Morgan fingerprint density at radius 3 is 1.22 bits per heavy atom. The van der Waals surface area contributed by atoms with Crippen molar-refractivity contribution in [3.8, 4) is 0 Å². The molecule has 1 aliphatic carbocycles. The molecule has 2 unspecified atom stereocenters. The molecule has 0 aromatic rings. The first-order valence-corrected chi connectivity index (χ1v) is 7.57. The van der Waals surface area contributed by atoms with E-state index < -0.39 is 21.8 Å². The van der Waals surface area contributed by atoms with Crippen molar-refractivity contribution in [3.05, 3.63) is 0 Å². The Morgan fingerprint density at radius 2 is 1.04 bits per heavy atom. The molecule has 0 spiro atoms. The molecule has 0 bridgehead atoms. The van der Waals surface area contributed by atoms with Crippen LogP contribution in [0.15, 0.2) is 0 Å². The van der Waals surface area contributed by atoms with E-state index >= 15 is 0 Å². The van der Waals surface area contributed by atoms with Gasteiger partial charge in [0.2, 0.25) is 0 Å². The Kier molecular flexibility index (Phi) is 11.6. The first-order chi connectivity index (χ1) is 9.81. The Hall–Kier alpha value is 0.951. The first kappa shape index (κ1) is 26.2. The molecule has 0 aromatic heterocycles. The zero-order valence-electron chi connectivity index (χ0n) is 11.6. The van der Waals surface area contributed by atoms with E-state index in [1.807, 2.05) is 0 Å². The SMILES string of the molecule is F[B-](F)(F)F.F[B-](F)(F)F.F[B-](F)(F)F.[K][C]12CCOCC1C2. The van der Waals surface area contributed by atoms with Gasteiger partial charge in [0.15, 0.2) is 0 Å². The van der Waals surface area contributed by atoms with E-state index in [0.29, 0.717) is 0 Å². The summed E-state index contributed by atoms with van der Waals surface area (Å²) in [4.78, 5) is 0. The van der Waals surface area contributed by atoms with Crippen LogP contribution in [0, 0.1) is 5.92 Å². The van der Waals surface area contributed by atoms with E-state index in [1.54, 1.807) is 0 Å². The fourth-order valence-corrected chi connectivity index (χ4v) is 2.95. The van der Waals surface area contributed by atoms with Gasteiger partial charge in [0.1, 0.15) is 0 Å². The quantitative estimate of drug-likeness (QED) is 0.428. The number of fused-ring (bicyclic) bond motifs is 1. The third-order valence-corrected chi connectivity index (χ3v) is 5.37. The van der Waals surface area contributed by atoms with Crippen LogP contribution in [0.4, 0.5) is 51.8 Å². The molecule has 23 heavy (non-hydrogen) atoms. The zero-order chi connectivity index (χ0) is 19.1. The molecule has 2 fully saturated rings. The fraction of sp³-hybridized carbons (Fsp3) is 1.00. The van der Waals surface area contributed by atoms with Gasteiger partial charge in [-0.3, -0.25) is 0 Å². The van der Waals surface area contributed by atoms with Crippen LogP contribution in [0.2, 0.25) is -0.490 Å². The molecule has 0 N–H and O–H groups in total. The second-order valence-electron chi connectivity index (χ2n) is 4.86. The Morgan fingerprint density at radius 1 is 0.739 bits per heavy atom. The second-order valence-corrected chi connectivity index (χ2v) is 7.97. The number of rotatable bonds is 0. The van der Waals surface area contributed by atoms with Crippen molar-refractivity contribution in [2.45, 2.75) is 12.4 Å². The van der Waals surface area contributed by atoms with Gasteiger partial charge < -0.3 is 51.8 Å². The van der Waals surface area contributed by atoms with Crippen LogP contribution in [-0.4, -0.2) is 83.9 Å². The van der Waals surface area contributed by atoms with Gasteiger partial charge in [-0.05, 0) is 0 Å². The summed E-state index contributed by atoms with van der Waals surface area (Å²) in [5.74, 6) is 1.01. The Labute approximate surface area is 157 Å². The Balaban J connectivity index is 0. The molecular weight excluding hydrogens is 388 g/mol. The van der Waals surface area contributed by atoms with Crippen LogP contribution >= 0.6 is 0 Å². The van der Waals surface area contributed by atoms with Crippen molar-refractivity contribution in [1.82, 2.24) is 0 Å². The third kappa shape index (κ3) is 31.3.